The second-order valence-corrected chi connectivity index (χ2v) is 5.16. The summed E-state index contributed by atoms with van der Waals surface area (Å²) >= 11 is 6.97. The Balaban J connectivity index is 2.23. The fraction of sp³-hybridized carbons (Fsp3) is 0.125. The molecule has 0 fully saturated rings. The molecule has 20 heavy (non-hydrogen) atoms. The molecule has 0 amide bonds. The standard InChI is InChI=1S/C16H13ClN2O/c1-12-11-15(20-19-12)16(17,13-5-3-2-4-6-13)14-7-9-18-10-8-14/h2-11H,1H3. The maximum atomic E-state index is 6.97. The minimum Gasteiger partial charge on any atom is -0.358 e. The van der Waals surface area contributed by atoms with Crippen LogP contribution in [0.15, 0.2) is 65.4 Å². The molecule has 1 unspecified atom stereocenters. The van der Waals surface area contributed by atoms with Crippen molar-refractivity contribution in [2.24, 2.45) is 0 Å². The molecular weight excluding hydrogens is 272 g/mol. The van der Waals surface area contributed by atoms with Crippen LogP contribution >= 0.6 is 11.6 Å². The van der Waals surface area contributed by atoms with Crippen LogP contribution in [0, 0.1) is 6.92 Å². The number of hydrogen-bond acceptors (Lipinski definition) is 3. The molecule has 2 heterocycles. The molecule has 100 valence electrons. The average molecular weight is 285 g/mol. The van der Waals surface area contributed by atoms with Gasteiger partial charge in [-0.15, -0.1) is 0 Å². The molecule has 0 spiro atoms. The lowest BCUT2D eigenvalue weighted by Gasteiger charge is -2.25. The van der Waals surface area contributed by atoms with Crippen molar-refractivity contribution in [3.63, 3.8) is 0 Å². The Bertz CT molecular complexity index is 655. The third-order valence-electron chi connectivity index (χ3n) is 3.22. The van der Waals surface area contributed by atoms with Crippen LogP contribution in [0.5, 0.6) is 0 Å². The molecule has 0 bridgehead atoms. The molecule has 0 saturated carbocycles. The zero-order valence-corrected chi connectivity index (χ0v) is 11.7. The first-order chi connectivity index (χ1) is 9.71. The highest BCUT2D eigenvalue weighted by Crippen LogP contribution is 2.42. The van der Waals surface area contributed by atoms with Gasteiger partial charge < -0.3 is 4.52 Å². The topological polar surface area (TPSA) is 38.9 Å². The van der Waals surface area contributed by atoms with Gasteiger partial charge in [-0.05, 0) is 30.2 Å². The highest BCUT2D eigenvalue weighted by molar-refractivity contribution is 6.27. The summed E-state index contributed by atoms with van der Waals surface area (Å²) in [5.41, 5.74) is 2.63. The molecule has 3 rings (SSSR count). The third-order valence-corrected chi connectivity index (χ3v) is 3.84. The smallest absolute Gasteiger partial charge is 0.166 e. The lowest BCUT2D eigenvalue weighted by atomic mass is 9.88. The van der Waals surface area contributed by atoms with Crippen LogP contribution in [0.2, 0.25) is 0 Å². The Morgan fingerprint density at radius 3 is 2.25 bits per heavy atom. The van der Waals surface area contributed by atoms with Gasteiger partial charge in [0.25, 0.3) is 0 Å². The number of rotatable bonds is 3. The highest BCUT2D eigenvalue weighted by atomic mass is 35.5. The number of aryl methyl sites for hydroxylation is 1. The van der Waals surface area contributed by atoms with Gasteiger partial charge in [-0.3, -0.25) is 4.98 Å². The van der Waals surface area contributed by atoms with Crippen molar-refractivity contribution in [3.05, 3.63) is 83.5 Å². The number of aromatic nitrogens is 2. The third kappa shape index (κ3) is 2.10. The van der Waals surface area contributed by atoms with Gasteiger partial charge in [0.2, 0.25) is 0 Å². The van der Waals surface area contributed by atoms with Crippen molar-refractivity contribution in [2.75, 3.05) is 0 Å². The first-order valence-corrected chi connectivity index (χ1v) is 6.68. The van der Waals surface area contributed by atoms with E-state index in [4.69, 9.17) is 16.1 Å². The summed E-state index contributed by atoms with van der Waals surface area (Å²) in [6.45, 7) is 1.88. The number of halogens is 1. The van der Waals surface area contributed by atoms with Crippen LogP contribution in [0.4, 0.5) is 0 Å². The largest absolute Gasteiger partial charge is 0.358 e. The number of pyridine rings is 1. The summed E-state index contributed by atoms with van der Waals surface area (Å²) in [6, 6.07) is 15.5. The van der Waals surface area contributed by atoms with E-state index < -0.39 is 4.87 Å². The van der Waals surface area contributed by atoms with E-state index in [9.17, 15) is 0 Å². The minimum absolute atomic E-state index is 0.606. The monoisotopic (exact) mass is 284 g/mol. The normalized spacial score (nSPS) is 13.9. The number of alkyl halides is 1. The lowest BCUT2D eigenvalue weighted by molar-refractivity contribution is 0.367. The van der Waals surface area contributed by atoms with Gasteiger partial charge in [-0.25, -0.2) is 0 Å². The zero-order chi connectivity index (χ0) is 14.0. The molecule has 3 nitrogen and oxygen atoms in total. The molecule has 0 radical (unpaired) electrons. The van der Waals surface area contributed by atoms with Crippen LogP contribution < -0.4 is 0 Å². The van der Waals surface area contributed by atoms with E-state index in [-0.39, 0.29) is 0 Å². The summed E-state index contributed by atoms with van der Waals surface area (Å²) in [6.07, 6.45) is 3.44. The maximum Gasteiger partial charge on any atom is 0.166 e. The maximum absolute atomic E-state index is 6.97. The summed E-state index contributed by atoms with van der Waals surface area (Å²) in [5.74, 6) is 0.606. The Morgan fingerprint density at radius 1 is 1.00 bits per heavy atom. The SMILES string of the molecule is Cc1cc(C(Cl)(c2ccccc2)c2ccncc2)on1. The number of benzene rings is 1. The van der Waals surface area contributed by atoms with Crippen molar-refractivity contribution < 1.29 is 4.52 Å². The van der Waals surface area contributed by atoms with Crippen molar-refractivity contribution in [2.45, 2.75) is 11.8 Å². The van der Waals surface area contributed by atoms with Crippen LogP contribution in [-0.4, -0.2) is 10.1 Å². The second-order valence-electron chi connectivity index (χ2n) is 4.59. The fourth-order valence-electron chi connectivity index (χ4n) is 2.23. The fourth-order valence-corrected chi connectivity index (χ4v) is 2.57. The van der Waals surface area contributed by atoms with Gasteiger partial charge >= 0.3 is 0 Å². The Labute approximate surface area is 122 Å². The average Bonchev–Trinajstić information content (AvgIpc) is 2.95. The minimum atomic E-state index is -0.897. The van der Waals surface area contributed by atoms with E-state index in [2.05, 4.69) is 10.1 Å². The van der Waals surface area contributed by atoms with E-state index >= 15 is 0 Å². The Hall–Kier alpha value is -2.13. The van der Waals surface area contributed by atoms with Crippen LogP contribution in [-0.2, 0) is 4.87 Å². The van der Waals surface area contributed by atoms with Gasteiger partial charge in [0.15, 0.2) is 10.6 Å². The molecule has 3 aromatic rings. The summed E-state index contributed by atoms with van der Waals surface area (Å²) in [4.78, 5) is 3.15. The molecule has 0 aliphatic rings. The van der Waals surface area contributed by atoms with Gasteiger partial charge in [-0.1, -0.05) is 47.1 Å². The van der Waals surface area contributed by atoms with Gasteiger partial charge in [0, 0.05) is 18.5 Å². The molecule has 1 atom stereocenters. The van der Waals surface area contributed by atoms with E-state index in [0.29, 0.717) is 5.76 Å². The van der Waals surface area contributed by atoms with Gasteiger partial charge in [0.05, 0.1) is 5.69 Å². The molecule has 0 N–H and O–H groups in total. The van der Waals surface area contributed by atoms with Gasteiger partial charge in [0.1, 0.15) is 0 Å². The molecule has 0 aliphatic heterocycles. The predicted octanol–water partition coefficient (Wildman–Crippen LogP) is 3.91. The molecular formula is C16H13ClN2O. The summed E-state index contributed by atoms with van der Waals surface area (Å²) in [5, 5.41) is 3.96. The molecule has 0 saturated heterocycles. The predicted molar refractivity (Wildman–Crippen MR) is 77.7 cm³/mol. The summed E-state index contributed by atoms with van der Waals surface area (Å²) in [7, 11) is 0. The van der Waals surface area contributed by atoms with Crippen LogP contribution in [0.25, 0.3) is 0 Å². The molecule has 1 aromatic carbocycles. The van der Waals surface area contributed by atoms with E-state index in [1.165, 1.54) is 0 Å². The first kappa shape index (κ1) is 12.9. The molecule has 2 aromatic heterocycles. The Kier molecular flexibility index (Phi) is 3.28. The van der Waals surface area contributed by atoms with Crippen molar-refractivity contribution >= 4 is 11.6 Å². The summed E-state index contributed by atoms with van der Waals surface area (Å²) < 4.78 is 5.44. The van der Waals surface area contributed by atoms with Crippen molar-refractivity contribution in [1.29, 1.82) is 0 Å². The van der Waals surface area contributed by atoms with E-state index in [1.807, 2.05) is 55.5 Å². The van der Waals surface area contributed by atoms with Gasteiger partial charge in [-0.2, -0.15) is 0 Å². The number of hydrogen-bond donors (Lipinski definition) is 0. The number of nitrogens with zero attached hydrogens (tertiary/aromatic N) is 2. The molecule has 0 aliphatic carbocycles. The van der Waals surface area contributed by atoms with Crippen LogP contribution in [0.1, 0.15) is 22.6 Å². The van der Waals surface area contributed by atoms with E-state index in [1.54, 1.807) is 12.4 Å². The van der Waals surface area contributed by atoms with Crippen LogP contribution in [0.3, 0.4) is 0 Å². The lowest BCUT2D eigenvalue weighted by Crippen LogP contribution is -2.21. The highest BCUT2D eigenvalue weighted by Gasteiger charge is 2.37. The van der Waals surface area contributed by atoms with Crippen molar-refractivity contribution in [1.82, 2.24) is 10.1 Å². The van der Waals surface area contributed by atoms with Crippen molar-refractivity contribution in [3.8, 4) is 0 Å². The molecule has 4 heteroatoms. The Morgan fingerprint density at radius 2 is 1.65 bits per heavy atom. The quantitative estimate of drug-likeness (QED) is 0.685. The van der Waals surface area contributed by atoms with E-state index in [0.717, 1.165) is 16.8 Å². The first-order valence-electron chi connectivity index (χ1n) is 6.30. The second kappa shape index (κ2) is 5.10. The zero-order valence-electron chi connectivity index (χ0n) is 11.0.